The van der Waals surface area contributed by atoms with Gasteiger partial charge in [-0.05, 0) is 66.2 Å². The van der Waals surface area contributed by atoms with Crippen molar-refractivity contribution in [3.63, 3.8) is 0 Å². The van der Waals surface area contributed by atoms with E-state index in [1.807, 2.05) is 45.4 Å². The summed E-state index contributed by atoms with van der Waals surface area (Å²) in [5.41, 5.74) is 10.5. The molecule has 0 fully saturated rings. The monoisotopic (exact) mass is 1130 g/mol. The molecule has 27 nitrogen and oxygen atoms in total. The first-order chi connectivity index (χ1) is 30.5. The summed E-state index contributed by atoms with van der Waals surface area (Å²) in [4.78, 5) is 9.57. The number of hydrogen-bond donors (Lipinski definition) is 4. The molecule has 70 heavy (non-hydrogen) atoms. The van der Waals surface area contributed by atoms with Crippen molar-refractivity contribution in [3.8, 4) is 0 Å². The summed E-state index contributed by atoms with van der Waals surface area (Å²) in [6.45, 7) is -0.578. The standard InChI is InChI=1S/C32H33ClN12O15S5.CH4.4Na/c1-45(2,3)19-7-4-17(5-8-19)36-31-38-30(33)39-32(40-31)37-18-6-11-24(61-59-57-46)22(14-18)42-44-29-27(34)23(16-26(28(29)35)65(53,54)55)43-41-21-10-9-20(15-25(21)64(50,51)52)63(48,49)13-12-56-62-60-58-47;;;;;/h4-11,14-16H,12-13,34-35H2,1-3H3,(H5-,36,37,38,39,40,46,47,50,51,52,53,54,55);1H4;;;;/q;;4*+1/p-3. The Balaban J connectivity index is 0.00000952. The summed E-state index contributed by atoms with van der Waals surface area (Å²) < 4.78 is 113. The van der Waals surface area contributed by atoms with Crippen molar-refractivity contribution >= 4 is 129 Å². The normalized spacial score (nSPS) is 11.7. The van der Waals surface area contributed by atoms with Crippen LogP contribution in [0, 0.1) is 0 Å². The number of quaternary nitrogens is 1. The van der Waals surface area contributed by atoms with Crippen molar-refractivity contribution in [1.29, 1.82) is 0 Å². The van der Waals surface area contributed by atoms with Crippen LogP contribution in [-0.4, -0.2) is 82.8 Å². The number of sulfone groups is 1. The fourth-order valence-corrected chi connectivity index (χ4v) is 8.41. The first kappa shape index (κ1) is 68.7. The molecule has 0 aliphatic carbocycles. The molecule has 0 radical (unpaired) electrons. The third kappa shape index (κ3) is 19.8. The minimum atomic E-state index is -5.48. The molecule has 6 N–H and O–H groups in total. The number of hydrogen-bond acceptors (Lipinski definition) is 28. The molecule has 0 aliphatic rings. The van der Waals surface area contributed by atoms with E-state index in [4.69, 9.17) is 23.1 Å². The fourth-order valence-electron chi connectivity index (χ4n) is 5.08. The van der Waals surface area contributed by atoms with E-state index in [-0.39, 0.29) is 171 Å². The summed E-state index contributed by atoms with van der Waals surface area (Å²) >= 11 is 6.59. The maximum absolute atomic E-state index is 12.8. The molecule has 0 saturated heterocycles. The molecule has 356 valence electrons. The number of benzene rings is 4. The molecule has 0 unspecified atom stereocenters. The van der Waals surface area contributed by atoms with Crippen molar-refractivity contribution in [1.82, 2.24) is 19.4 Å². The summed E-state index contributed by atoms with van der Waals surface area (Å²) in [6.07, 6.45) is 0. The van der Waals surface area contributed by atoms with Crippen LogP contribution in [0.25, 0.3) is 0 Å². The van der Waals surface area contributed by atoms with E-state index in [1.54, 1.807) is 0 Å². The van der Waals surface area contributed by atoms with E-state index in [0.29, 0.717) is 34.3 Å². The molecular formula is C33H34ClN12Na4O15S5+. The Labute approximate surface area is 503 Å². The zero-order valence-electron chi connectivity index (χ0n) is 37.0. The number of rotatable bonds is 21. The molecule has 1 heterocycles. The maximum atomic E-state index is 12.8. The number of nitrogens with one attached hydrogen (secondary N) is 2. The molecule has 0 atom stereocenters. The van der Waals surface area contributed by atoms with Crippen molar-refractivity contribution in [3.05, 3.63) is 72.0 Å². The van der Waals surface area contributed by atoms with Gasteiger partial charge in [0, 0.05) is 23.5 Å². The van der Waals surface area contributed by atoms with Gasteiger partial charge in [0.15, 0.2) is 22.2 Å². The molecule has 1 aromatic heterocycles. The molecule has 0 saturated carbocycles. The Kier molecular flexibility index (Phi) is 29.8. The SMILES string of the molecule is C.C[N+](C)(C)c1ccc(Nc2nc(Cl)nc(Nc3ccc(SOO[O-])c(N=Nc4c(N)c(N=Nc5ccc(S(=O)(=O)CCOSOO[O-])cc5S(=O)(=O)[O-])cc(S(=O)(=O)[O-])c4N)c3)n2)cc1.[Na+].[Na+].[Na+].[Na+]. The summed E-state index contributed by atoms with van der Waals surface area (Å²) in [6, 6.07) is 14.3. The minimum absolute atomic E-state index is 0. The van der Waals surface area contributed by atoms with Crippen molar-refractivity contribution in [2.24, 2.45) is 20.5 Å². The van der Waals surface area contributed by atoms with Crippen molar-refractivity contribution in [2.75, 3.05) is 55.6 Å². The Morgan fingerprint density at radius 3 is 1.81 bits per heavy atom. The van der Waals surface area contributed by atoms with Gasteiger partial charge < -0.3 is 41.7 Å². The van der Waals surface area contributed by atoms with Crippen LogP contribution >= 0.6 is 36.0 Å². The number of nitrogen functional groups attached to an aromatic ring is 2. The van der Waals surface area contributed by atoms with Gasteiger partial charge in [0.1, 0.15) is 48.7 Å². The van der Waals surface area contributed by atoms with Crippen LogP contribution in [0.3, 0.4) is 0 Å². The second-order valence-corrected chi connectivity index (χ2v) is 19.7. The van der Waals surface area contributed by atoms with Gasteiger partial charge >= 0.3 is 118 Å². The zero-order chi connectivity index (χ0) is 47.7. The average molecular weight is 1130 g/mol. The molecule has 0 spiro atoms. The Bertz CT molecular complexity index is 2970. The topological polar surface area (TPSA) is 405 Å². The summed E-state index contributed by atoms with van der Waals surface area (Å²) in [5, 5.41) is 48.1. The van der Waals surface area contributed by atoms with Gasteiger partial charge in [-0.15, -0.1) is 24.8 Å². The molecule has 5 rings (SSSR count). The number of aromatic nitrogens is 3. The van der Waals surface area contributed by atoms with Crippen LogP contribution < -0.4 is 155 Å². The van der Waals surface area contributed by atoms with E-state index < -0.39 is 85.6 Å². The molecule has 0 amide bonds. The summed E-state index contributed by atoms with van der Waals surface area (Å²) in [7, 11) is -9.21. The van der Waals surface area contributed by atoms with Crippen LogP contribution in [0.5, 0.6) is 0 Å². The van der Waals surface area contributed by atoms with Gasteiger partial charge in [0.05, 0.1) is 76.5 Å². The van der Waals surface area contributed by atoms with E-state index in [9.17, 15) is 44.9 Å². The largest absolute Gasteiger partial charge is 1.00 e. The van der Waals surface area contributed by atoms with E-state index in [2.05, 4.69) is 69.0 Å². The predicted molar refractivity (Wildman–Crippen MR) is 232 cm³/mol. The van der Waals surface area contributed by atoms with Gasteiger partial charge in [0.2, 0.25) is 17.2 Å². The summed E-state index contributed by atoms with van der Waals surface area (Å²) in [5.74, 6) is -0.768. The molecule has 5 aromatic rings. The van der Waals surface area contributed by atoms with Gasteiger partial charge in [-0.2, -0.15) is 19.3 Å². The number of nitrogens with two attached hydrogens (primary N) is 2. The number of halogens is 1. The van der Waals surface area contributed by atoms with Crippen LogP contribution in [0.15, 0.2) is 107 Å². The third-order valence-corrected chi connectivity index (χ3v) is 12.7. The predicted octanol–water partition coefficient (Wildman–Crippen LogP) is -7.53. The number of nitrogens with zero attached hydrogens (tertiary/aromatic N) is 8. The molecular weight excluding hydrogens is 1090 g/mol. The van der Waals surface area contributed by atoms with Gasteiger partial charge in [-0.25, -0.2) is 25.3 Å². The van der Waals surface area contributed by atoms with Crippen LogP contribution in [-0.2, 0) is 53.0 Å². The Morgan fingerprint density at radius 2 is 1.24 bits per heavy atom. The number of azo groups is 2. The van der Waals surface area contributed by atoms with Crippen molar-refractivity contribution < 1.29 is 186 Å². The van der Waals surface area contributed by atoms with Crippen molar-refractivity contribution in [2.45, 2.75) is 27.0 Å². The first-order valence-electron chi connectivity index (χ1n) is 17.2. The average Bonchev–Trinajstić information content (AvgIpc) is 3.21. The van der Waals surface area contributed by atoms with Crippen LogP contribution in [0.1, 0.15) is 7.43 Å². The maximum Gasteiger partial charge on any atom is 1.00 e. The minimum Gasteiger partial charge on any atom is -0.744 e. The zero-order valence-corrected chi connectivity index (χ0v) is 49.9. The van der Waals surface area contributed by atoms with Gasteiger partial charge in [-0.1, -0.05) is 7.43 Å². The molecule has 4 aromatic carbocycles. The van der Waals surface area contributed by atoms with E-state index >= 15 is 0 Å². The Hall–Kier alpha value is -1.27. The molecule has 0 aliphatic heterocycles. The molecule has 37 heteroatoms. The van der Waals surface area contributed by atoms with Gasteiger partial charge in [0.25, 0.3) is 0 Å². The third-order valence-electron chi connectivity index (χ3n) is 8.08. The van der Waals surface area contributed by atoms with E-state index in [0.717, 1.165) is 17.8 Å². The Morgan fingerprint density at radius 1 is 0.686 bits per heavy atom. The second-order valence-electron chi connectivity index (χ2n) is 13.3. The smallest absolute Gasteiger partial charge is 0.744 e. The van der Waals surface area contributed by atoms with Crippen LogP contribution in [0.4, 0.5) is 63.1 Å². The fraction of sp³-hybridized carbons (Fsp3) is 0.182. The molecule has 0 bridgehead atoms. The number of anilines is 6. The quantitative estimate of drug-likeness (QED) is 0.00610. The van der Waals surface area contributed by atoms with Crippen LogP contribution in [0.2, 0.25) is 5.28 Å². The van der Waals surface area contributed by atoms with Gasteiger partial charge in [-0.3, -0.25) is 18.7 Å². The van der Waals surface area contributed by atoms with E-state index in [1.165, 1.54) is 18.2 Å². The first-order valence-corrected chi connectivity index (χ1v) is 23.5. The second kappa shape index (κ2) is 30.3.